The van der Waals surface area contributed by atoms with Crippen LogP contribution in [0.1, 0.15) is 11.1 Å². The molecule has 190 valence electrons. The molecule has 0 aliphatic carbocycles. The normalized spacial score (nSPS) is 11.2. The molecule has 0 bridgehead atoms. The van der Waals surface area contributed by atoms with Gasteiger partial charge in [0.1, 0.15) is 13.2 Å². The average molecular weight is 526 g/mol. The summed E-state index contributed by atoms with van der Waals surface area (Å²) in [6, 6.07) is 27.3. The number of nitrogens with one attached hydrogen (secondary N) is 1. The number of aromatic nitrogens is 1. The van der Waals surface area contributed by atoms with Crippen molar-refractivity contribution in [2.24, 2.45) is 5.10 Å². The molecule has 0 aliphatic heterocycles. The van der Waals surface area contributed by atoms with E-state index in [4.69, 9.17) is 21.1 Å². The molecule has 7 nitrogen and oxygen atoms in total. The van der Waals surface area contributed by atoms with Crippen molar-refractivity contribution in [2.45, 2.75) is 13.2 Å². The van der Waals surface area contributed by atoms with Gasteiger partial charge in [-0.15, -0.1) is 0 Å². The van der Waals surface area contributed by atoms with E-state index in [-0.39, 0.29) is 17.9 Å². The highest BCUT2D eigenvalue weighted by molar-refractivity contribution is 6.30. The number of rotatable bonds is 8. The maximum atomic E-state index is 12.9. The monoisotopic (exact) mass is 525 g/mol. The van der Waals surface area contributed by atoms with E-state index >= 15 is 0 Å². The maximum Gasteiger partial charge on any atom is 0.260 e. The van der Waals surface area contributed by atoms with Gasteiger partial charge in [0.25, 0.3) is 5.91 Å². The lowest BCUT2D eigenvalue weighted by atomic mass is 10.1. The first-order valence-corrected chi connectivity index (χ1v) is 12.3. The van der Waals surface area contributed by atoms with Crippen LogP contribution in [0, 0.1) is 0 Å². The molecule has 0 atom stereocenters. The first kappa shape index (κ1) is 25.0. The highest BCUT2D eigenvalue weighted by Crippen LogP contribution is 2.31. The Morgan fingerprint density at radius 1 is 0.921 bits per heavy atom. The minimum Gasteiger partial charge on any atom is -0.493 e. The van der Waals surface area contributed by atoms with Crippen LogP contribution in [0.25, 0.3) is 21.8 Å². The molecule has 0 unspecified atom stereocenters. The van der Waals surface area contributed by atoms with Crippen molar-refractivity contribution < 1.29 is 14.3 Å². The number of hydrogen-bond donors (Lipinski definition) is 1. The summed E-state index contributed by atoms with van der Waals surface area (Å²) in [5.74, 6) is 0.701. The number of ether oxygens (including phenoxy) is 2. The third-order valence-electron chi connectivity index (χ3n) is 6.10. The standard InChI is InChI=1S/C30H24ClN3O4/c1-37-27-12-6-7-21(30(27)38-19-20-13-15-22(31)16-14-20)17-32-33-28(35)18-34-25-10-4-2-8-23(25)29(36)24-9-3-5-11-26(24)34/h2-17H,18-19H2,1H3,(H,33,35)/b32-17+. The number of para-hydroxylation sites is 3. The lowest BCUT2D eigenvalue weighted by Crippen LogP contribution is -2.25. The molecule has 0 saturated carbocycles. The summed E-state index contributed by atoms with van der Waals surface area (Å²) in [4.78, 5) is 25.9. The number of halogens is 1. The minimum atomic E-state index is -0.341. The van der Waals surface area contributed by atoms with Gasteiger partial charge < -0.3 is 14.0 Å². The van der Waals surface area contributed by atoms with Crippen molar-refractivity contribution in [1.82, 2.24) is 9.99 Å². The van der Waals surface area contributed by atoms with Crippen molar-refractivity contribution >= 4 is 45.5 Å². The number of benzene rings is 4. The van der Waals surface area contributed by atoms with E-state index < -0.39 is 0 Å². The van der Waals surface area contributed by atoms with Gasteiger partial charge in [-0.25, -0.2) is 5.43 Å². The van der Waals surface area contributed by atoms with Crippen LogP contribution >= 0.6 is 11.6 Å². The zero-order valence-corrected chi connectivity index (χ0v) is 21.3. The summed E-state index contributed by atoms with van der Waals surface area (Å²) in [5, 5.41) is 5.93. The Hall–Kier alpha value is -4.62. The summed E-state index contributed by atoms with van der Waals surface area (Å²) in [6.07, 6.45) is 1.51. The first-order valence-electron chi connectivity index (χ1n) is 11.9. The lowest BCUT2D eigenvalue weighted by Gasteiger charge is -2.14. The Morgan fingerprint density at radius 2 is 1.58 bits per heavy atom. The number of fused-ring (bicyclic) bond motifs is 2. The summed E-state index contributed by atoms with van der Waals surface area (Å²) in [6.45, 7) is 0.286. The van der Waals surface area contributed by atoms with Gasteiger partial charge in [-0.1, -0.05) is 54.1 Å². The number of amides is 1. The maximum absolute atomic E-state index is 12.9. The van der Waals surface area contributed by atoms with Crippen molar-refractivity contribution in [1.29, 1.82) is 0 Å². The summed E-state index contributed by atoms with van der Waals surface area (Å²) in [5.41, 5.74) is 5.47. The molecule has 5 rings (SSSR count). The number of hydrogen-bond acceptors (Lipinski definition) is 5. The van der Waals surface area contributed by atoms with E-state index in [2.05, 4.69) is 10.5 Å². The molecule has 0 spiro atoms. The number of carbonyl (C=O) groups is 1. The molecule has 1 heterocycles. The Labute approximate surface area is 223 Å². The Bertz CT molecular complexity index is 1650. The largest absolute Gasteiger partial charge is 0.493 e. The summed E-state index contributed by atoms with van der Waals surface area (Å²) in [7, 11) is 1.56. The fourth-order valence-corrected chi connectivity index (χ4v) is 4.41. The predicted octanol–water partition coefficient (Wildman–Crippen LogP) is 5.55. The topological polar surface area (TPSA) is 81.9 Å². The van der Waals surface area contributed by atoms with E-state index in [1.165, 1.54) is 6.21 Å². The molecule has 0 radical (unpaired) electrons. The van der Waals surface area contributed by atoms with E-state index in [9.17, 15) is 9.59 Å². The minimum absolute atomic E-state index is 0.0172. The van der Waals surface area contributed by atoms with Crippen LogP contribution < -0.4 is 20.3 Å². The van der Waals surface area contributed by atoms with Crippen LogP contribution in [-0.2, 0) is 17.9 Å². The molecule has 38 heavy (non-hydrogen) atoms. The van der Waals surface area contributed by atoms with Gasteiger partial charge in [0.2, 0.25) is 0 Å². The number of nitrogens with zero attached hydrogens (tertiary/aromatic N) is 2. The van der Waals surface area contributed by atoms with Crippen molar-refractivity contribution in [3.05, 3.63) is 117 Å². The van der Waals surface area contributed by atoms with Gasteiger partial charge in [-0.3, -0.25) is 9.59 Å². The molecule has 0 fully saturated rings. The van der Waals surface area contributed by atoms with Crippen LogP contribution in [-0.4, -0.2) is 23.8 Å². The molecule has 0 aliphatic rings. The van der Waals surface area contributed by atoms with E-state index in [0.717, 1.165) is 5.56 Å². The third kappa shape index (κ3) is 5.23. The van der Waals surface area contributed by atoms with Crippen molar-refractivity contribution in [3.63, 3.8) is 0 Å². The fourth-order valence-electron chi connectivity index (χ4n) is 4.29. The zero-order chi connectivity index (χ0) is 26.5. The second-order valence-corrected chi connectivity index (χ2v) is 8.97. The van der Waals surface area contributed by atoms with Gasteiger partial charge in [0.05, 0.1) is 24.4 Å². The smallest absolute Gasteiger partial charge is 0.260 e. The van der Waals surface area contributed by atoms with Crippen LogP contribution in [0.15, 0.2) is 101 Å². The second kappa shape index (κ2) is 11.2. The predicted molar refractivity (Wildman–Crippen MR) is 150 cm³/mol. The number of pyridine rings is 1. The van der Waals surface area contributed by atoms with E-state index in [1.807, 2.05) is 65.2 Å². The molecular formula is C30H24ClN3O4. The second-order valence-electron chi connectivity index (χ2n) is 8.54. The third-order valence-corrected chi connectivity index (χ3v) is 6.35. The highest BCUT2D eigenvalue weighted by Gasteiger charge is 2.13. The highest BCUT2D eigenvalue weighted by atomic mass is 35.5. The van der Waals surface area contributed by atoms with Gasteiger partial charge in [0, 0.05) is 21.4 Å². The Morgan fingerprint density at radius 3 is 2.24 bits per heavy atom. The van der Waals surface area contributed by atoms with E-state index in [0.29, 0.717) is 50.5 Å². The van der Waals surface area contributed by atoms with Crippen LogP contribution in [0.4, 0.5) is 0 Å². The number of carbonyl (C=O) groups excluding carboxylic acids is 1. The molecular weight excluding hydrogens is 502 g/mol. The van der Waals surface area contributed by atoms with Crippen molar-refractivity contribution in [3.8, 4) is 11.5 Å². The Balaban J connectivity index is 1.36. The van der Waals surface area contributed by atoms with Crippen LogP contribution in [0.2, 0.25) is 5.02 Å². The van der Waals surface area contributed by atoms with Gasteiger partial charge >= 0.3 is 0 Å². The summed E-state index contributed by atoms with van der Waals surface area (Å²) < 4.78 is 13.3. The molecule has 8 heteroatoms. The quantitative estimate of drug-likeness (QED) is 0.164. The number of hydrazone groups is 1. The molecule has 4 aromatic carbocycles. The molecule has 5 aromatic rings. The van der Waals surface area contributed by atoms with Crippen molar-refractivity contribution in [2.75, 3.05) is 7.11 Å². The zero-order valence-electron chi connectivity index (χ0n) is 20.6. The molecule has 1 aromatic heterocycles. The van der Waals surface area contributed by atoms with E-state index in [1.54, 1.807) is 37.4 Å². The van der Waals surface area contributed by atoms with Gasteiger partial charge in [0.15, 0.2) is 16.9 Å². The SMILES string of the molecule is COc1cccc(/C=N/NC(=O)Cn2c3ccccc3c(=O)c3ccccc32)c1OCc1ccc(Cl)cc1. The molecule has 0 saturated heterocycles. The number of methoxy groups -OCH3 is 1. The summed E-state index contributed by atoms with van der Waals surface area (Å²) >= 11 is 5.97. The van der Waals surface area contributed by atoms with Gasteiger partial charge in [-0.2, -0.15) is 5.10 Å². The average Bonchev–Trinajstić information content (AvgIpc) is 2.95. The molecule has 1 amide bonds. The van der Waals surface area contributed by atoms with Crippen LogP contribution in [0.5, 0.6) is 11.5 Å². The Kier molecular flexibility index (Phi) is 7.38. The lowest BCUT2D eigenvalue weighted by molar-refractivity contribution is -0.121. The van der Waals surface area contributed by atoms with Crippen LogP contribution in [0.3, 0.4) is 0 Å². The molecule has 1 N–H and O–H groups in total. The van der Waals surface area contributed by atoms with Gasteiger partial charge in [-0.05, 0) is 54.1 Å². The fraction of sp³-hybridized carbons (Fsp3) is 0.100. The first-order chi connectivity index (χ1) is 18.5.